The van der Waals surface area contributed by atoms with Gasteiger partial charge >= 0.3 is 5.97 Å². The molecular formula is C25H23N6O5S3+. The van der Waals surface area contributed by atoms with E-state index in [9.17, 15) is 19.5 Å². The fourth-order valence-electron chi connectivity index (χ4n) is 4.21. The zero-order valence-corrected chi connectivity index (χ0v) is 23.0. The summed E-state index contributed by atoms with van der Waals surface area (Å²) in [6, 6.07) is 4.60. The summed E-state index contributed by atoms with van der Waals surface area (Å²) in [4.78, 5) is 50.3. The quantitative estimate of drug-likeness (QED) is 0.114. The highest BCUT2D eigenvalue weighted by Gasteiger charge is 2.54. The molecule has 3 aromatic heterocycles. The zero-order valence-electron chi connectivity index (χ0n) is 20.5. The summed E-state index contributed by atoms with van der Waals surface area (Å²) in [5.41, 5.74) is 5.66. The second-order valence-corrected chi connectivity index (χ2v) is 11.2. The SMILES string of the molecule is CC=CON=C(C(=O)NC1C(=O)N2C(C(=O)O)=C(/C=C/C[n+]3cccc4ccsc43)SCC12)c1csc(N)n1. The van der Waals surface area contributed by atoms with Crippen LogP contribution in [0.3, 0.4) is 0 Å². The second kappa shape index (κ2) is 11.4. The molecule has 0 bridgehead atoms. The Morgan fingerprint density at radius 1 is 1.38 bits per heavy atom. The van der Waals surface area contributed by atoms with Crippen molar-refractivity contribution in [2.24, 2.45) is 5.16 Å². The van der Waals surface area contributed by atoms with E-state index in [1.54, 1.807) is 35.8 Å². The molecule has 2 unspecified atom stereocenters. The van der Waals surface area contributed by atoms with Crippen LogP contribution in [0.2, 0.25) is 0 Å². The number of thiazole rings is 1. The lowest BCUT2D eigenvalue weighted by molar-refractivity contribution is -0.658. The maximum absolute atomic E-state index is 13.1. The van der Waals surface area contributed by atoms with Crippen molar-refractivity contribution in [3.05, 3.63) is 75.9 Å². The number of nitrogen functional groups attached to an aromatic ring is 1. The average Bonchev–Trinajstić information content (AvgIpc) is 3.58. The number of carboxylic acids is 1. The molecule has 2 aliphatic rings. The number of thioether (sulfide) groups is 1. The Labute approximate surface area is 235 Å². The van der Waals surface area contributed by atoms with E-state index in [1.165, 1.54) is 22.9 Å². The van der Waals surface area contributed by atoms with Crippen molar-refractivity contribution in [3.8, 4) is 0 Å². The lowest BCUT2D eigenvalue weighted by atomic mass is 9.94. The molecule has 11 nitrogen and oxygen atoms in total. The number of aromatic nitrogens is 2. The van der Waals surface area contributed by atoms with Gasteiger partial charge in [-0.05, 0) is 42.7 Å². The van der Waals surface area contributed by atoms with Gasteiger partial charge in [0.2, 0.25) is 0 Å². The Morgan fingerprint density at radius 2 is 2.23 bits per heavy atom. The van der Waals surface area contributed by atoms with Crippen LogP contribution in [0.15, 0.2) is 75.4 Å². The molecule has 1 fully saturated rings. The van der Waals surface area contributed by atoms with Crippen molar-refractivity contribution in [1.29, 1.82) is 0 Å². The Morgan fingerprint density at radius 3 is 2.97 bits per heavy atom. The van der Waals surface area contributed by atoms with Crippen LogP contribution in [0.4, 0.5) is 5.13 Å². The fraction of sp³-hybridized carbons (Fsp3) is 0.200. The molecular weight excluding hydrogens is 561 g/mol. The van der Waals surface area contributed by atoms with Gasteiger partial charge in [0.1, 0.15) is 23.7 Å². The monoisotopic (exact) mass is 583 g/mol. The number of carbonyl (C=O) groups is 3. The first-order valence-corrected chi connectivity index (χ1v) is 14.5. The number of nitrogens with zero attached hydrogens (tertiary/aromatic N) is 4. The number of carbonyl (C=O) groups excluding carboxylic acids is 2. The first-order valence-electron chi connectivity index (χ1n) is 11.7. The topological polar surface area (TPSA) is 151 Å². The molecule has 2 aliphatic heterocycles. The van der Waals surface area contributed by atoms with E-state index in [0.717, 1.165) is 21.6 Å². The summed E-state index contributed by atoms with van der Waals surface area (Å²) in [7, 11) is 0. The number of amides is 2. The van der Waals surface area contributed by atoms with Crippen molar-refractivity contribution in [2.45, 2.75) is 25.6 Å². The number of fused-ring (bicyclic) bond motifs is 2. The van der Waals surface area contributed by atoms with Crippen LogP contribution in [0, 0.1) is 0 Å². The summed E-state index contributed by atoms with van der Waals surface area (Å²) < 4.78 is 2.07. The molecule has 0 aliphatic carbocycles. The number of nitrogens with one attached hydrogen (secondary N) is 1. The van der Waals surface area contributed by atoms with Crippen LogP contribution in [-0.2, 0) is 25.8 Å². The number of hydrogen-bond donors (Lipinski definition) is 3. The highest BCUT2D eigenvalue weighted by Crippen LogP contribution is 2.39. The van der Waals surface area contributed by atoms with Gasteiger partial charge in [0.05, 0.1) is 11.4 Å². The average molecular weight is 584 g/mol. The van der Waals surface area contributed by atoms with Gasteiger partial charge in [-0.1, -0.05) is 16.5 Å². The molecule has 5 rings (SSSR count). The van der Waals surface area contributed by atoms with Crippen LogP contribution in [-0.4, -0.2) is 56.3 Å². The third-order valence-electron chi connectivity index (χ3n) is 5.96. The van der Waals surface area contributed by atoms with Gasteiger partial charge in [-0.2, -0.15) is 4.57 Å². The molecule has 200 valence electrons. The summed E-state index contributed by atoms with van der Waals surface area (Å²) >= 11 is 4.09. The maximum Gasteiger partial charge on any atom is 0.353 e. The Hall–Kier alpha value is -4.01. The number of nitrogens with two attached hydrogens (primary N) is 1. The molecule has 5 heterocycles. The molecule has 14 heteroatoms. The van der Waals surface area contributed by atoms with Crippen molar-refractivity contribution >= 4 is 73.3 Å². The fourth-order valence-corrected chi connectivity index (χ4v) is 6.85. The van der Waals surface area contributed by atoms with E-state index in [2.05, 4.69) is 20.0 Å². The maximum atomic E-state index is 13.1. The molecule has 0 radical (unpaired) electrons. The predicted octanol–water partition coefficient (Wildman–Crippen LogP) is 2.48. The number of hydrogen-bond acceptors (Lipinski definition) is 10. The van der Waals surface area contributed by atoms with Gasteiger partial charge < -0.3 is 21.0 Å². The minimum Gasteiger partial charge on any atom is -0.477 e. The van der Waals surface area contributed by atoms with Crippen LogP contribution >= 0.6 is 34.4 Å². The van der Waals surface area contributed by atoms with Gasteiger partial charge in [0.25, 0.3) is 16.6 Å². The number of allylic oxidation sites excluding steroid dienone is 3. The second-order valence-electron chi connectivity index (χ2n) is 8.39. The lowest BCUT2D eigenvalue weighted by Gasteiger charge is -2.49. The van der Waals surface area contributed by atoms with Gasteiger partial charge in [-0.25, -0.2) is 9.78 Å². The molecule has 2 atom stereocenters. The number of oxime groups is 1. The summed E-state index contributed by atoms with van der Waals surface area (Å²) in [6.07, 6.45) is 8.46. The van der Waals surface area contributed by atoms with Crippen molar-refractivity contribution in [1.82, 2.24) is 15.2 Å². The van der Waals surface area contributed by atoms with Crippen LogP contribution in [0.5, 0.6) is 0 Å². The van der Waals surface area contributed by atoms with E-state index < -0.39 is 29.9 Å². The number of pyridine rings is 1. The first kappa shape index (κ1) is 26.6. The van der Waals surface area contributed by atoms with E-state index >= 15 is 0 Å². The highest BCUT2D eigenvalue weighted by molar-refractivity contribution is 8.03. The summed E-state index contributed by atoms with van der Waals surface area (Å²) in [5.74, 6) is -2.00. The third-order valence-corrected chi connectivity index (χ3v) is 8.75. The van der Waals surface area contributed by atoms with Crippen LogP contribution in [0.25, 0.3) is 10.2 Å². The number of carboxylic acid groups (broad SMARTS) is 1. The smallest absolute Gasteiger partial charge is 0.353 e. The Bertz CT molecular complexity index is 1570. The predicted molar refractivity (Wildman–Crippen MR) is 150 cm³/mol. The molecule has 0 saturated carbocycles. The molecule has 4 N–H and O–H groups in total. The number of aliphatic carboxylic acids is 1. The molecule has 0 aromatic carbocycles. The van der Waals surface area contributed by atoms with Gasteiger partial charge in [0, 0.05) is 22.1 Å². The first-order chi connectivity index (χ1) is 18.9. The van der Waals surface area contributed by atoms with E-state index in [-0.39, 0.29) is 22.2 Å². The van der Waals surface area contributed by atoms with E-state index in [0.29, 0.717) is 17.2 Å². The number of thiophene rings is 1. The Kier molecular flexibility index (Phi) is 7.77. The van der Waals surface area contributed by atoms with Crippen molar-refractivity contribution < 1.29 is 28.9 Å². The highest BCUT2D eigenvalue weighted by atomic mass is 32.2. The van der Waals surface area contributed by atoms with Gasteiger partial charge in [0.15, 0.2) is 23.6 Å². The minimum atomic E-state index is -1.21. The number of rotatable bonds is 9. The summed E-state index contributed by atoms with van der Waals surface area (Å²) in [5, 5.41) is 21.4. The molecule has 3 aromatic rings. The standard InChI is InChI=1S/C25H22N6O5S3/c1-2-10-36-29-18(15-12-39-25(26)27-15)21(32)28-19-16-13-38-17(20(24(34)35)31(16)22(19)33)6-4-9-30-8-3-5-14-7-11-37-23(14)30/h2-8,10-12,16,19H,9,13H2,1H3,(H3-,26,27,28,32,34,35)/p+1/b6-4+,10-2?,29-18?. The van der Waals surface area contributed by atoms with E-state index in [1.807, 2.05) is 35.9 Å². The zero-order chi connectivity index (χ0) is 27.5. The lowest BCUT2D eigenvalue weighted by Crippen LogP contribution is -2.73. The van der Waals surface area contributed by atoms with E-state index in [4.69, 9.17) is 10.6 Å². The largest absolute Gasteiger partial charge is 0.477 e. The summed E-state index contributed by atoms with van der Waals surface area (Å²) in [6.45, 7) is 2.27. The van der Waals surface area contributed by atoms with Crippen molar-refractivity contribution in [2.75, 3.05) is 11.5 Å². The van der Waals surface area contributed by atoms with Crippen molar-refractivity contribution in [3.63, 3.8) is 0 Å². The number of β-lactam (4-membered cyclic amide) rings is 1. The normalized spacial score (nSPS) is 19.6. The third kappa shape index (κ3) is 5.30. The molecule has 39 heavy (non-hydrogen) atoms. The minimum absolute atomic E-state index is 0.0973. The molecule has 0 spiro atoms. The molecule has 1 saturated heterocycles. The van der Waals surface area contributed by atoms with Crippen LogP contribution in [0.1, 0.15) is 12.6 Å². The Balaban J connectivity index is 1.32. The van der Waals surface area contributed by atoms with Gasteiger partial charge in [-0.15, -0.1) is 23.1 Å². The van der Waals surface area contributed by atoms with Crippen LogP contribution < -0.4 is 15.6 Å². The number of anilines is 1. The van der Waals surface area contributed by atoms with Gasteiger partial charge in [-0.3, -0.25) is 14.5 Å². The molecule has 2 amide bonds.